The Hall–Kier alpha value is -3.46. The summed E-state index contributed by atoms with van der Waals surface area (Å²) in [6.07, 6.45) is 1.59. The van der Waals surface area contributed by atoms with E-state index in [1.165, 1.54) is 0 Å². The van der Waals surface area contributed by atoms with Gasteiger partial charge in [-0.2, -0.15) is 5.10 Å². The summed E-state index contributed by atoms with van der Waals surface area (Å²) in [7, 11) is 0. The van der Waals surface area contributed by atoms with Gasteiger partial charge in [0.1, 0.15) is 11.4 Å². The number of furan rings is 1. The number of carbonyl (C=O) groups is 1. The molecule has 0 bridgehead atoms. The SMILES string of the molecule is O=C(c1cc(-c2ccco2)[nH]n1)N1CCN(c2ccc(-c3cccs3)nn2)CC1. The van der Waals surface area contributed by atoms with Gasteiger partial charge in [-0.3, -0.25) is 9.89 Å². The van der Waals surface area contributed by atoms with Crippen molar-refractivity contribution in [3.8, 4) is 22.0 Å². The molecule has 4 aromatic rings. The lowest BCUT2D eigenvalue weighted by Crippen LogP contribution is -2.49. The first-order valence-electron chi connectivity index (χ1n) is 9.29. The number of hydrogen-bond acceptors (Lipinski definition) is 7. The summed E-state index contributed by atoms with van der Waals surface area (Å²) in [4.78, 5) is 17.8. The van der Waals surface area contributed by atoms with Gasteiger partial charge in [-0.05, 0) is 35.7 Å². The second-order valence-corrected chi connectivity index (χ2v) is 7.63. The quantitative estimate of drug-likeness (QED) is 0.560. The van der Waals surface area contributed by atoms with Crippen LogP contribution in [0.5, 0.6) is 0 Å². The van der Waals surface area contributed by atoms with Crippen LogP contribution in [0.15, 0.2) is 58.5 Å². The maximum absolute atomic E-state index is 12.8. The highest BCUT2D eigenvalue weighted by Gasteiger charge is 2.25. The van der Waals surface area contributed by atoms with Gasteiger partial charge >= 0.3 is 0 Å². The first kappa shape index (κ1) is 17.6. The zero-order chi connectivity index (χ0) is 19.6. The molecule has 9 heteroatoms. The summed E-state index contributed by atoms with van der Waals surface area (Å²) in [5.41, 5.74) is 1.96. The zero-order valence-electron chi connectivity index (χ0n) is 15.5. The largest absolute Gasteiger partial charge is 0.463 e. The molecule has 146 valence electrons. The van der Waals surface area contributed by atoms with Crippen LogP contribution < -0.4 is 4.90 Å². The molecule has 5 rings (SSSR count). The van der Waals surface area contributed by atoms with E-state index in [0.717, 1.165) is 16.4 Å². The fourth-order valence-electron chi connectivity index (χ4n) is 3.34. The summed E-state index contributed by atoms with van der Waals surface area (Å²) in [6, 6.07) is 13.4. The summed E-state index contributed by atoms with van der Waals surface area (Å²) in [6.45, 7) is 2.62. The molecule has 0 saturated carbocycles. The molecular formula is C20H18N6O2S. The second kappa shape index (κ2) is 7.51. The molecule has 5 heterocycles. The van der Waals surface area contributed by atoms with Crippen LogP contribution in [-0.4, -0.2) is 57.4 Å². The number of carbonyl (C=O) groups excluding carboxylic acids is 1. The number of piperazine rings is 1. The number of anilines is 1. The van der Waals surface area contributed by atoms with Crippen molar-refractivity contribution in [3.63, 3.8) is 0 Å². The second-order valence-electron chi connectivity index (χ2n) is 6.68. The first-order valence-corrected chi connectivity index (χ1v) is 10.2. The van der Waals surface area contributed by atoms with Gasteiger partial charge in [0.2, 0.25) is 0 Å². The Morgan fingerprint density at radius 1 is 1.07 bits per heavy atom. The summed E-state index contributed by atoms with van der Waals surface area (Å²) in [5.74, 6) is 1.40. The van der Waals surface area contributed by atoms with Gasteiger partial charge in [-0.25, -0.2) is 0 Å². The van der Waals surface area contributed by atoms with Crippen molar-refractivity contribution in [1.82, 2.24) is 25.3 Å². The van der Waals surface area contributed by atoms with E-state index >= 15 is 0 Å². The Morgan fingerprint density at radius 2 is 1.97 bits per heavy atom. The molecule has 0 aromatic carbocycles. The van der Waals surface area contributed by atoms with Crippen molar-refractivity contribution in [2.45, 2.75) is 0 Å². The lowest BCUT2D eigenvalue weighted by atomic mass is 10.2. The molecular weight excluding hydrogens is 388 g/mol. The summed E-state index contributed by atoms with van der Waals surface area (Å²) >= 11 is 1.64. The van der Waals surface area contributed by atoms with Crippen LogP contribution >= 0.6 is 11.3 Å². The number of aromatic nitrogens is 4. The molecule has 4 aromatic heterocycles. The Morgan fingerprint density at radius 3 is 2.66 bits per heavy atom. The Bertz CT molecular complexity index is 1080. The van der Waals surface area contributed by atoms with Crippen LogP contribution in [0, 0.1) is 0 Å². The summed E-state index contributed by atoms with van der Waals surface area (Å²) < 4.78 is 5.34. The minimum Gasteiger partial charge on any atom is -0.463 e. The molecule has 1 fully saturated rings. The summed E-state index contributed by atoms with van der Waals surface area (Å²) in [5, 5.41) is 17.7. The van der Waals surface area contributed by atoms with Gasteiger partial charge in [0.25, 0.3) is 5.91 Å². The molecule has 1 N–H and O–H groups in total. The average molecular weight is 406 g/mol. The standard InChI is InChI=1S/C20H18N6O2S/c27-20(16-13-15(22-23-16)17-3-1-11-28-17)26-9-7-25(8-10-26)19-6-5-14(21-24-19)18-4-2-12-29-18/h1-6,11-13H,7-10H2,(H,22,23). The molecule has 0 aliphatic carbocycles. The molecule has 0 atom stereocenters. The number of rotatable bonds is 4. The van der Waals surface area contributed by atoms with Gasteiger partial charge in [-0.15, -0.1) is 21.5 Å². The van der Waals surface area contributed by atoms with E-state index in [-0.39, 0.29) is 5.91 Å². The molecule has 1 aliphatic rings. The van der Waals surface area contributed by atoms with Crippen molar-refractivity contribution < 1.29 is 9.21 Å². The first-order chi connectivity index (χ1) is 14.3. The third-order valence-electron chi connectivity index (χ3n) is 4.90. The van der Waals surface area contributed by atoms with Crippen LogP contribution in [0.2, 0.25) is 0 Å². The number of thiophene rings is 1. The van der Waals surface area contributed by atoms with E-state index in [9.17, 15) is 4.79 Å². The molecule has 1 saturated heterocycles. The number of nitrogens with one attached hydrogen (secondary N) is 1. The van der Waals surface area contributed by atoms with Crippen LogP contribution in [0.3, 0.4) is 0 Å². The van der Waals surface area contributed by atoms with E-state index in [0.29, 0.717) is 43.3 Å². The van der Waals surface area contributed by atoms with Crippen molar-refractivity contribution >= 4 is 23.1 Å². The van der Waals surface area contributed by atoms with Gasteiger partial charge in [0.15, 0.2) is 17.3 Å². The van der Waals surface area contributed by atoms with Crippen molar-refractivity contribution in [1.29, 1.82) is 0 Å². The lowest BCUT2D eigenvalue weighted by molar-refractivity contribution is 0.0740. The average Bonchev–Trinajstić information content (AvgIpc) is 3.55. The van der Waals surface area contributed by atoms with Gasteiger partial charge in [0, 0.05) is 32.2 Å². The minimum atomic E-state index is -0.0853. The third-order valence-corrected chi connectivity index (χ3v) is 5.79. The fraction of sp³-hybridized carbons (Fsp3) is 0.200. The smallest absolute Gasteiger partial charge is 0.274 e. The molecule has 0 spiro atoms. The van der Waals surface area contributed by atoms with E-state index in [4.69, 9.17) is 4.42 Å². The van der Waals surface area contributed by atoms with Crippen LogP contribution in [0.1, 0.15) is 10.5 Å². The van der Waals surface area contributed by atoms with E-state index in [2.05, 4.69) is 25.3 Å². The molecule has 0 unspecified atom stereocenters. The highest BCUT2D eigenvalue weighted by molar-refractivity contribution is 7.13. The molecule has 0 radical (unpaired) electrons. The molecule has 1 amide bonds. The Balaban J connectivity index is 1.22. The number of hydrogen-bond donors (Lipinski definition) is 1. The fourth-order valence-corrected chi connectivity index (χ4v) is 4.03. The van der Waals surface area contributed by atoms with E-state index < -0.39 is 0 Å². The predicted octanol–water partition coefficient (Wildman–Crippen LogP) is 3.15. The number of amides is 1. The van der Waals surface area contributed by atoms with Crippen LogP contribution in [0.25, 0.3) is 22.0 Å². The maximum Gasteiger partial charge on any atom is 0.274 e. The van der Waals surface area contributed by atoms with Gasteiger partial charge in [0.05, 0.1) is 11.1 Å². The highest BCUT2D eigenvalue weighted by atomic mass is 32.1. The normalized spacial score (nSPS) is 14.3. The molecule has 29 heavy (non-hydrogen) atoms. The minimum absolute atomic E-state index is 0.0853. The van der Waals surface area contributed by atoms with E-state index in [1.54, 1.807) is 29.7 Å². The topological polar surface area (TPSA) is 91.2 Å². The van der Waals surface area contributed by atoms with Gasteiger partial charge < -0.3 is 14.2 Å². The number of aromatic amines is 1. The monoisotopic (exact) mass is 406 g/mol. The van der Waals surface area contributed by atoms with Crippen LogP contribution in [0.4, 0.5) is 5.82 Å². The maximum atomic E-state index is 12.8. The van der Waals surface area contributed by atoms with Crippen molar-refractivity contribution in [3.05, 3.63) is 59.8 Å². The third kappa shape index (κ3) is 3.52. The Labute approximate surface area is 170 Å². The number of nitrogens with zero attached hydrogens (tertiary/aromatic N) is 5. The number of H-pyrrole nitrogens is 1. The van der Waals surface area contributed by atoms with E-state index in [1.807, 2.05) is 40.6 Å². The molecule has 1 aliphatic heterocycles. The Kier molecular flexibility index (Phi) is 4.57. The zero-order valence-corrected chi connectivity index (χ0v) is 16.3. The predicted molar refractivity (Wildman–Crippen MR) is 110 cm³/mol. The highest BCUT2D eigenvalue weighted by Crippen LogP contribution is 2.24. The lowest BCUT2D eigenvalue weighted by Gasteiger charge is -2.34. The van der Waals surface area contributed by atoms with Crippen LogP contribution in [-0.2, 0) is 0 Å². The molecule has 8 nitrogen and oxygen atoms in total. The van der Waals surface area contributed by atoms with Gasteiger partial charge in [-0.1, -0.05) is 6.07 Å². The van der Waals surface area contributed by atoms with Crippen molar-refractivity contribution in [2.24, 2.45) is 0 Å². The van der Waals surface area contributed by atoms with Crippen molar-refractivity contribution in [2.75, 3.05) is 31.1 Å².